The SMILES string of the molecule is Cc1ncc(C(=O)Nc2cccc(C(F)(F)F)c2)cc1Nc1ncccc1-c1ncnc2[nH]cnc12. The summed E-state index contributed by atoms with van der Waals surface area (Å²) in [5.41, 5.74) is 2.71. The first-order chi connectivity index (χ1) is 17.3. The molecule has 180 valence electrons. The number of aromatic amines is 1. The molecule has 0 saturated heterocycles. The molecule has 0 aliphatic carbocycles. The van der Waals surface area contributed by atoms with Crippen LogP contribution >= 0.6 is 0 Å². The van der Waals surface area contributed by atoms with Crippen molar-refractivity contribution in [1.29, 1.82) is 0 Å². The van der Waals surface area contributed by atoms with Crippen molar-refractivity contribution in [2.24, 2.45) is 0 Å². The topological polar surface area (TPSA) is 121 Å². The number of amides is 1. The first kappa shape index (κ1) is 22.9. The highest BCUT2D eigenvalue weighted by Gasteiger charge is 2.30. The highest BCUT2D eigenvalue weighted by atomic mass is 19.4. The summed E-state index contributed by atoms with van der Waals surface area (Å²) in [6, 6.07) is 9.54. The Balaban J connectivity index is 1.44. The number of imidazole rings is 1. The highest BCUT2D eigenvalue weighted by molar-refractivity contribution is 6.05. The van der Waals surface area contributed by atoms with Gasteiger partial charge in [0.1, 0.15) is 23.4 Å². The first-order valence-electron chi connectivity index (χ1n) is 10.6. The van der Waals surface area contributed by atoms with Gasteiger partial charge in [-0.1, -0.05) is 6.07 Å². The number of pyridine rings is 2. The number of carbonyl (C=O) groups excluding carboxylic acids is 1. The van der Waals surface area contributed by atoms with E-state index in [4.69, 9.17) is 0 Å². The standard InChI is InChI=1S/C24H17F3N8O/c1-13-18(8-14(10-29-13)23(36)34-16-5-2-4-15(9-16)24(25,26)27)35-21-17(6-3-7-28-21)19-20-22(32-11-30-19)33-12-31-20/h2-12H,1H3,(H,28,35)(H,34,36)(H,30,31,32,33). The van der Waals surface area contributed by atoms with Crippen molar-refractivity contribution >= 4 is 34.3 Å². The lowest BCUT2D eigenvalue weighted by atomic mass is 10.1. The molecule has 0 saturated carbocycles. The maximum Gasteiger partial charge on any atom is 0.416 e. The molecule has 0 bridgehead atoms. The van der Waals surface area contributed by atoms with Gasteiger partial charge in [0.05, 0.1) is 28.8 Å². The maximum atomic E-state index is 13.0. The molecule has 5 aromatic rings. The zero-order valence-electron chi connectivity index (χ0n) is 18.6. The summed E-state index contributed by atoms with van der Waals surface area (Å²) in [5.74, 6) is -0.166. The monoisotopic (exact) mass is 490 g/mol. The molecule has 4 heterocycles. The molecule has 0 aliphatic rings. The third-order valence-corrected chi connectivity index (χ3v) is 5.33. The Morgan fingerprint density at radius 3 is 2.69 bits per heavy atom. The van der Waals surface area contributed by atoms with Crippen molar-refractivity contribution in [3.8, 4) is 11.3 Å². The van der Waals surface area contributed by atoms with Crippen LogP contribution in [0.5, 0.6) is 0 Å². The fraction of sp³-hybridized carbons (Fsp3) is 0.0833. The number of benzene rings is 1. The molecule has 3 N–H and O–H groups in total. The molecule has 12 heteroatoms. The number of hydrogen-bond acceptors (Lipinski definition) is 7. The minimum Gasteiger partial charge on any atom is -0.338 e. The predicted molar refractivity (Wildman–Crippen MR) is 127 cm³/mol. The molecule has 0 unspecified atom stereocenters. The van der Waals surface area contributed by atoms with Gasteiger partial charge in [0.15, 0.2) is 5.65 Å². The molecule has 1 amide bonds. The van der Waals surface area contributed by atoms with Gasteiger partial charge in [-0.15, -0.1) is 0 Å². The number of anilines is 3. The molecular weight excluding hydrogens is 473 g/mol. The summed E-state index contributed by atoms with van der Waals surface area (Å²) in [7, 11) is 0. The number of aromatic nitrogens is 6. The van der Waals surface area contributed by atoms with Crippen LogP contribution in [0.4, 0.5) is 30.4 Å². The summed E-state index contributed by atoms with van der Waals surface area (Å²) in [4.78, 5) is 37.2. The van der Waals surface area contributed by atoms with E-state index in [0.717, 1.165) is 12.1 Å². The first-order valence-corrected chi connectivity index (χ1v) is 10.6. The fourth-order valence-electron chi connectivity index (χ4n) is 3.55. The van der Waals surface area contributed by atoms with E-state index in [1.54, 1.807) is 25.3 Å². The molecule has 1 aromatic carbocycles. The number of H-pyrrole nitrogens is 1. The molecule has 0 fully saturated rings. The Kier molecular flexibility index (Phi) is 5.76. The Labute approximate surface area is 201 Å². The molecule has 0 spiro atoms. The van der Waals surface area contributed by atoms with Crippen LogP contribution in [0.1, 0.15) is 21.6 Å². The van der Waals surface area contributed by atoms with E-state index in [0.29, 0.717) is 39.6 Å². The van der Waals surface area contributed by atoms with Crippen LogP contribution in [0.25, 0.3) is 22.4 Å². The molecule has 9 nitrogen and oxygen atoms in total. The van der Waals surface area contributed by atoms with Crippen LogP contribution in [-0.4, -0.2) is 35.8 Å². The van der Waals surface area contributed by atoms with E-state index in [-0.39, 0.29) is 11.3 Å². The third kappa shape index (κ3) is 4.56. The molecule has 0 aliphatic heterocycles. The van der Waals surface area contributed by atoms with Crippen molar-refractivity contribution in [2.45, 2.75) is 13.1 Å². The Morgan fingerprint density at radius 2 is 1.86 bits per heavy atom. The van der Waals surface area contributed by atoms with Crippen molar-refractivity contribution in [2.75, 3.05) is 10.6 Å². The zero-order valence-corrected chi connectivity index (χ0v) is 18.6. The van der Waals surface area contributed by atoms with E-state index < -0.39 is 17.6 Å². The lowest BCUT2D eigenvalue weighted by Gasteiger charge is -2.14. The van der Waals surface area contributed by atoms with Gasteiger partial charge in [0.25, 0.3) is 5.91 Å². The smallest absolute Gasteiger partial charge is 0.338 e. The lowest BCUT2D eigenvalue weighted by molar-refractivity contribution is -0.137. The summed E-state index contributed by atoms with van der Waals surface area (Å²) < 4.78 is 39.0. The van der Waals surface area contributed by atoms with Crippen molar-refractivity contribution in [3.63, 3.8) is 0 Å². The average Bonchev–Trinajstić information content (AvgIpc) is 3.35. The molecule has 5 rings (SSSR count). The van der Waals surface area contributed by atoms with E-state index in [1.807, 2.05) is 6.07 Å². The second-order valence-electron chi connectivity index (χ2n) is 7.74. The number of fused-ring (bicyclic) bond motifs is 1. The molecule has 0 atom stereocenters. The van der Waals surface area contributed by atoms with Gasteiger partial charge in [-0.3, -0.25) is 9.78 Å². The van der Waals surface area contributed by atoms with Crippen LogP contribution in [0.3, 0.4) is 0 Å². The molecular formula is C24H17F3N8O. The van der Waals surface area contributed by atoms with Gasteiger partial charge < -0.3 is 15.6 Å². The Hall–Kier alpha value is -4.87. The number of carbonyl (C=O) groups is 1. The fourth-order valence-corrected chi connectivity index (χ4v) is 3.55. The largest absolute Gasteiger partial charge is 0.416 e. The number of alkyl halides is 3. The minimum absolute atomic E-state index is 0.0173. The second kappa shape index (κ2) is 9.06. The van der Waals surface area contributed by atoms with Crippen molar-refractivity contribution < 1.29 is 18.0 Å². The molecule has 0 radical (unpaired) electrons. The zero-order chi connectivity index (χ0) is 25.3. The van der Waals surface area contributed by atoms with Gasteiger partial charge in [-0.25, -0.2) is 19.9 Å². The van der Waals surface area contributed by atoms with Gasteiger partial charge in [0, 0.05) is 23.6 Å². The van der Waals surface area contributed by atoms with E-state index in [9.17, 15) is 18.0 Å². The van der Waals surface area contributed by atoms with Crippen LogP contribution in [0.15, 0.2) is 67.5 Å². The van der Waals surface area contributed by atoms with Crippen LogP contribution in [0, 0.1) is 6.92 Å². The number of hydrogen-bond donors (Lipinski definition) is 3. The van der Waals surface area contributed by atoms with Crippen LogP contribution < -0.4 is 10.6 Å². The van der Waals surface area contributed by atoms with Crippen LogP contribution in [0.2, 0.25) is 0 Å². The summed E-state index contributed by atoms with van der Waals surface area (Å²) in [5, 5.41) is 5.67. The number of halogens is 3. The maximum absolute atomic E-state index is 13.0. The number of nitrogens with zero attached hydrogens (tertiary/aromatic N) is 5. The van der Waals surface area contributed by atoms with Crippen molar-refractivity contribution in [1.82, 2.24) is 29.9 Å². The second-order valence-corrected chi connectivity index (χ2v) is 7.74. The summed E-state index contributed by atoms with van der Waals surface area (Å²) in [6.45, 7) is 1.75. The quantitative estimate of drug-likeness (QED) is 0.312. The highest BCUT2D eigenvalue weighted by Crippen LogP contribution is 2.32. The van der Waals surface area contributed by atoms with Gasteiger partial charge in [0.2, 0.25) is 0 Å². The van der Waals surface area contributed by atoms with Gasteiger partial charge in [-0.05, 0) is 43.3 Å². The summed E-state index contributed by atoms with van der Waals surface area (Å²) in [6.07, 6.45) is 1.36. The Morgan fingerprint density at radius 1 is 1.00 bits per heavy atom. The van der Waals surface area contributed by atoms with Crippen LogP contribution in [-0.2, 0) is 6.18 Å². The van der Waals surface area contributed by atoms with Crippen molar-refractivity contribution in [3.05, 3.63) is 84.3 Å². The van der Waals surface area contributed by atoms with Gasteiger partial charge >= 0.3 is 6.18 Å². The third-order valence-electron chi connectivity index (χ3n) is 5.33. The van der Waals surface area contributed by atoms with E-state index in [2.05, 4.69) is 40.5 Å². The minimum atomic E-state index is -4.52. The normalized spacial score (nSPS) is 11.4. The van der Waals surface area contributed by atoms with E-state index in [1.165, 1.54) is 31.0 Å². The number of aryl methyl sites for hydroxylation is 1. The number of rotatable bonds is 5. The number of nitrogens with one attached hydrogen (secondary N) is 3. The molecule has 4 aromatic heterocycles. The molecule has 36 heavy (non-hydrogen) atoms. The van der Waals surface area contributed by atoms with Gasteiger partial charge in [-0.2, -0.15) is 13.2 Å². The summed E-state index contributed by atoms with van der Waals surface area (Å²) >= 11 is 0. The average molecular weight is 490 g/mol. The predicted octanol–water partition coefficient (Wildman–Crippen LogP) is 5.13. The van der Waals surface area contributed by atoms with E-state index >= 15 is 0 Å². The Bertz CT molecular complexity index is 1580. The lowest BCUT2D eigenvalue weighted by Crippen LogP contribution is -2.14.